The minimum absolute atomic E-state index is 0.0881. The zero-order valence-corrected chi connectivity index (χ0v) is 11.2. The first-order chi connectivity index (χ1) is 9.03. The van der Waals surface area contributed by atoms with Crippen molar-refractivity contribution in [1.82, 2.24) is 0 Å². The number of hydrogen-bond donors (Lipinski definition) is 2. The summed E-state index contributed by atoms with van der Waals surface area (Å²) in [6, 6.07) is 3.39. The normalized spacial score (nSPS) is 24.1. The Labute approximate surface area is 111 Å². The van der Waals surface area contributed by atoms with E-state index in [1.807, 2.05) is 0 Å². The van der Waals surface area contributed by atoms with Crippen LogP contribution in [0.25, 0.3) is 0 Å². The highest BCUT2D eigenvalue weighted by molar-refractivity contribution is 7.91. The van der Waals surface area contributed by atoms with Crippen LogP contribution in [0.1, 0.15) is 6.42 Å². The summed E-state index contributed by atoms with van der Waals surface area (Å²) in [6.07, 6.45) is 0.607. The minimum atomic E-state index is -2.91. The molecule has 3 N–H and O–H groups in total. The van der Waals surface area contributed by atoms with E-state index in [9.17, 15) is 8.42 Å². The second-order valence-corrected chi connectivity index (χ2v) is 7.06. The number of ether oxygens (including phenoxy) is 2. The zero-order chi connectivity index (χ0) is 13.5. The molecule has 1 atom stereocenters. The first kappa shape index (κ1) is 12.4. The Balaban J connectivity index is 1.81. The number of sulfone groups is 1. The summed E-state index contributed by atoms with van der Waals surface area (Å²) in [5, 5.41) is 3.18. The molecule has 3 rings (SSSR count). The number of fused-ring (bicyclic) bond motifs is 1. The van der Waals surface area contributed by atoms with Crippen LogP contribution in [0.3, 0.4) is 0 Å². The van der Waals surface area contributed by atoms with E-state index in [4.69, 9.17) is 15.2 Å². The lowest BCUT2D eigenvalue weighted by molar-refractivity contribution is 0.172. The summed E-state index contributed by atoms with van der Waals surface area (Å²) in [5.41, 5.74) is 7.18. The third-order valence-corrected chi connectivity index (χ3v) is 5.07. The van der Waals surface area contributed by atoms with Crippen molar-refractivity contribution in [2.24, 2.45) is 0 Å². The van der Waals surface area contributed by atoms with Crippen LogP contribution in [0.2, 0.25) is 0 Å². The number of hydrogen-bond acceptors (Lipinski definition) is 6. The maximum absolute atomic E-state index is 11.4. The van der Waals surface area contributed by atoms with E-state index in [1.54, 1.807) is 12.1 Å². The van der Waals surface area contributed by atoms with Crippen molar-refractivity contribution >= 4 is 21.2 Å². The molecule has 0 aliphatic carbocycles. The van der Waals surface area contributed by atoms with E-state index in [0.29, 0.717) is 42.5 Å². The van der Waals surface area contributed by atoms with Crippen molar-refractivity contribution in [3.05, 3.63) is 12.1 Å². The molecule has 1 saturated heterocycles. The Kier molecular flexibility index (Phi) is 2.93. The third kappa shape index (κ3) is 2.56. The number of anilines is 2. The Morgan fingerprint density at radius 2 is 1.89 bits per heavy atom. The van der Waals surface area contributed by atoms with Crippen LogP contribution in [0.5, 0.6) is 11.5 Å². The van der Waals surface area contributed by atoms with Gasteiger partial charge in [0.25, 0.3) is 0 Å². The molecule has 7 heteroatoms. The van der Waals surface area contributed by atoms with E-state index in [1.165, 1.54) is 0 Å². The van der Waals surface area contributed by atoms with Gasteiger partial charge in [0, 0.05) is 18.2 Å². The van der Waals surface area contributed by atoms with Crippen LogP contribution >= 0.6 is 0 Å². The molecular weight excluding hydrogens is 268 g/mol. The quantitative estimate of drug-likeness (QED) is 0.774. The molecule has 2 aliphatic heterocycles. The highest BCUT2D eigenvalue weighted by Gasteiger charge is 2.28. The smallest absolute Gasteiger partial charge is 0.163 e. The number of rotatable bonds is 2. The molecule has 104 valence electrons. The standard InChI is InChI=1S/C12H16N2O4S/c13-9-5-11-12(18-3-2-17-11)6-10(9)14-8-1-4-19(15,16)7-8/h5-6,8,14H,1-4,7,13H2. The molecule has 1 fully saturated rings. The fourth-order valence-corrected chi connectivity index (χ4v) is 4.03. The third-order valence-electron chi connectivity index (χ3n) is 3.31. The summed E-state index contributed by atoms with van der Waals surface area (Å²) in [6.45, 7) is 1.02. The summed E-state index contributed by atoms with van der Waals surface area (Å²) in [7, 11) is -2.91. The first-order valence-corrected chi connectivity index (χ1v) is 8.02. The molecule has 1 unspecified atom stereocenters. The second-order valence-electron chi connectivity index (χ2n) is 4.83. The van der Waals surface area contributed by atoms with Gasteiger partial charge in [-0.25, -0.2) is 8.42 Å². The molecule has 0 aromatic heterocycles. The largest absolute Gasteiger partial charge is 0.486 e. The predicted octanol–water partition coefficient (Wildman–Crippen LogP) is 0.639. The average molecular weight is 284 g/mol. The van der Waals surface area contributed by atoms with Gasteiger partial charge in [0.15, 0.2) is 21.3 Å². The van der Waals surface area contributed by atoms with E-state index >= 15 is 0 Å². The summed E-state index contributed by atoms with van der Waals surface area (Å²) in [5.74, 6) is 1.66. The van der Waals surface area contributed by atoms with E-state index < -0.39 is 9.84 Å². The zero-order valence-electron chi connectivity index (χ0n) is 10.4. The van der Waals surface area contributed by atoms with Gasteiger partial charge in [0.05, 0.1) is 22.9 Å². The number of nitrogen functional groups attached to an aromatic ring is 1. The Morgan fingerprint density at radius 1 is 1.21 bits per heavy atom. The topological polar surface area (TPSA) is 90.7 Å². The van der Waals surface area contributed by atoms with Crippen LogP contribution in [0.4, 0.5) is 11.4 Å². The monoisotopic (exact) mass is 284 g/mol. The lowest BCUT2D eigenvalue weighted by atomic mass is 10.2. The van der Waals surface area contributed by atoms with Crippen LogP contribution < -0.4 is 20.5 Å². The molecule has 0 saturated carbocycles. The van der Waals surface area contributed by atoms with Gasteiger partial charge in [-0.05, 0) is 6.42 Å². The summed E-state index contributed by atoms with van der Waals surface area (Å²) in [4.78, 5) is 0. The van der Waals surface area contributed by atoms with Crippen molar-refractivity contribution < 1.29 is 17.9 Å². The van der Waals surface area contributed by atoms with Gasteiger partial charge in [-0.3, -0.25) is 0 Å². The minimum Gasteiger partial charge on any atom is -0.486 e. The molecule has 1 aromatic rings. The van der Waals surface area contributed by atoms with Crippen LogP contribution in [-0.2, 0) is 9.84 Å². The summed E-state index contributed by atoms with van der Waals surface area (Å²) < 4.78 is 33.8. The maximum atomic E-state index is 11.4. The highest BCUT2D eigenvalue weighted by atomic mass is 32.2. The van der Waals surface area contributed by atoms with Gasteiger partial charge in [-0.1, -0.05) is 0 Å². The average Bonchev–Trinajstić information content (AvgIpc) is 2.70. The lowest BCUT2D eigenvalue weighted by Crippen LogP contribution is -2.22. The van der Waals surface area contributed by atoms with Gasteiger partial charge in [-0.2, -0.15) is 0 Å². The Bertz CT molecular complexity index is 600. The van der Waals surface area contributed by atoms with Crippen LogP contribution in [0.15, 0.2) is 12.1 Å². The Morgan fingerprint density at radius 3 is 2.53 bits per heavy atom. The molecule has 19 heavy (non-hydrogen) atoms. The molecule has 2 heterocycles. The van der Waals surface area contributed by atoms with Crippen molar-refractivity contribution in [1.29, 1.82) is 0 Å². The number of nitrogens with two attached hydrogens (primary N) is 1. The molecule has 0 amide bonds. The fourth-order valence-electron chi connectivity index (χ4n) is 2.36. The van der Waals surface area contributed by atoms with Gasteiger partial charge < -0.3 is 20.5 Å². The molecule has 6 nitrogen and oxygen atoms in total. The van der Waals surface area contributed by atoms with Gasteiger partial charge in [0.1, 0.15) is 13.2 Å². The van der Waals surface area contributed by atoms with Gasteiger partial charge >= 0.3 is 0 Å². The van der Waals surface area contributed by atoms with Crippen LogP contribution in [-0.4, -0.2) is 39.2 Å². The fraction of sp³-hybridized carbons (Fsp3) is 0.500. The van der Waals surface area contributed by atoms with E-state index in [-0.39, 0.29) is 17.5 Å². The SMILES string of the molecule is Nc1cc2c(cc1NC1CCS(=O)(=O)C1)OCCO2. The van der Waals surface area contributed by atoms with Crippen LogP contribution in [0, 0.1) is 0 Å². The highest BCUT2D eigenvalue weighted by Crippen LogP contribution is 2.37. The number of benzene rings is 1. The van der Waals surface area contributed by atoms with Crippen molar-refractivity contribution in [3.63, 3.8) is 0 Å². The maximum Gasteiger partial charge on any atom is 0.163 e. The summed E-state index contributed by atoms with van der Waals surface area (Å²) >= 11 is 0. The van der Waals surface area contributed by atoms with E-state index in [2.05, 4.69) is 5.32 Å². The second kappa shape index (κ2) is 4.48. The molecule has 0 radical (unpaired) electrons. The van der Waals surface area contributed by atoms with E-state index in [0.717, 1.165) is 0 Å². The molecule has 0 bridgehead atoms. The predicted molar refractivity (Wildman–Crippen MR) is 72.5 cm³/mol. The lowest BCUT2D eigenvalue weighted by Gasteiger charge is -2.21. The van der Waals surface area contributed by atoms with Gasteiger partial charge in [0.2, 0.25) is 0 Å². The molecule has 2 aliphatic rings. The van der Waals surface area contributed by atoms with Gasteiger partial charge in [-0.15, -0.1) is 0 Å². The van der Waals surface area contributed by atoms with Crippen molar-refractivity contribution in [2.75, 3.05) is 35.8 Å². The molecule has 1 aromatic carbocycles. The first-order valence-electron chi connectivity index (χ1n) is 6.19. The number of nitrogens with one attached hydrogen (secondary N) is 1. The molecule has 0 spiro atoms. The van der Waals surface area contributed by atoms with Crippen molar-refractivity contribution in [2.45, 2.75) is 12.5 Å². The molecular formula is C12H16N2O4S. The van der Waals surface area contributed by atoms with Crippen molar-refractivity contribution in [3.8, 4) is 11.5 Å². The Hall–Kier alpha value is -1.63.